The molecule has 2 N–H and O–H groups in total. The van der Waals surface area contributed by atoms with Crippen LogP contribution in [0, 0.1) is 3.57 Å². The first-order valence-electron chi connectivity index (χ1n) is 5.81. The molecule has 0 spiro atoms. The molecule has 0 aliphatic rings. The molecule has 4 nitrogen and oxygen atoms in total. The van der Waals surface area contributed by atoms with Crippen molar-refractivity contribution in [3.05, 3.63) is 32.4 Å². The Morgan fingerprint density at radius 1 is 1.47 bits per heavy atom. The zero-order valence-electron chi connectivity index (χ0n) is 10.7. The number of halogens is 2. The minimum atomic E-state index is -1.26. The molecule has 104 valence electrons. The maximum atomic E-state index is 12.1. The number of nitrogens with one attached hydrogen (secondary N) is 1. The Bertz CT molecular complexity index is 507. The maximum absolute atomic E-state index is 12.1. The molecule has 1 aromatic carbocycles. The topological polar surface area (TPSA) is 66.4 Å². The van der Waals surface area contributed by atoms with Crippen molar-refractivity contribution in [3.8, 4) is 0 Å². The summed E-state index contributed by atoms with van der Waals surface area (Å²) in [6.45, 7) is 3.38. The Hall–Kier alpha value is -0.820. The second kappa shape index (κ2) is 6.56. The molecule has 19 heavy (non-hydrogen) atoms. The van der Waals surface area contributed by atoms with E-state index in [9.17, 15) is 14.7 Å². The largest absolute Gasteiger partial charge is 0.480 e. The third-order valence-electron chi connectivity index (χ3n) is 2.79. The number of hydrogen-bond donors (Lipinski definition) is 2. The van der Waals surface area contributed by atoms with Gasteiger partial charge < -0.3 is 10.4 Å². The van der Waals surface area contributed by atoms with Gasteiger partial charge in [0.15, 0.2) is 0 Å². The summed E-state index contributed by atoms with van der Waals surface area (Å²) in [5, 5.41) is 12.2. The molecule has 0 radical (unpaired) electrons. The van der Waals surface area contributed by atoms with E-state index in [1.54, 1.807) is 12.1 Å². The number of benzene rings is 1. The van der Waals surface area contributed by atoms with Crippen LogP contribution in [0.4, 0.5) is 0 Å². The van der Waals surface area contributed by atoms with Gasteiger partial charge in [0.25, 0.3) is 5.91 Å². The van der Waals surface area contributed by atoms with Gasteiger partial charge in [-0.05, 0) is 54.1 Å². The molecule has 0 aliphatic carbocycles. The van der Waals surface area contributed by atoms with Crippen LogP contribution in [0.5, 0.6) is 0 Å². The second-order valence-electron chi connectivity index (χ2n) is 4.47. The zero-order valence-corrected chi connectivity index (χ0v) is 13.6. The predicted molar refractivity (Wildman–Crippen MR) is 82.6 cm³/mol. The second-order valence-corrected chi connectivity index (χ2v) is 6.04. The van der Waals surface area contributed by atoms with Crippen LogP contribution in [0.15, 0.2) is 18.2 Å². The number of carbonyl (C=O) groups is 2. The molecular formula is C13H15ClINO3. The Morgan fingerprint density at radius 3 is 2.58 bits per heavy atom. The Labute approximate surface area is 130 Å². The Morgan fingerprint density at radius 2 is 2.11 bits per heavy atom. The summed E-state index contributed by atoms with van der Waals surface area (Å²) in [5.74, 6) is -1.48. The monoisotopic (exact) mass is 395 g/mol. The quantitative estimate of drug-likeness (QED) is 0.752. The average Bonchev–Trinajstić information content (AvgIpc) is 2.32. The van der Waals surface area contributed by atoms with Gasteiger partial charge in [0.1, 0.15) is 5.54 Å². The van der Waals surface area contributed by atoms with Crippen LogP contribution in [-0.4, -0.2) is 22.5 Å². The molecule has 0 aliphatic heterocycles. The minimum absolute atomic E-state index is 0.356. The fourth-order valence-corrected chi connectivity index (χ4v) is 2.20. The van der Waals surface area contributed by atoms with Crippen molar-refractivity contribution in [1.82, 2.24) is 5.32 Å². The highest BCUT2D eigenvalue weighted by molar-refractivity contribution is 14.1. The Balaban J connectivity index is 2.94. The van der Waals surface area contributed by atoms with E-state index >= 15 is 0 Å². The number of rotatable bonds is 5. The van der Waals surface area contributed by atoms with Gasteiger partial charge in [0, 0.05) is 9.13 Å². The smallest absolute Gasteiger partial charge is 0.329 e. The summed E-state index contributed by atoms with van der Waals surface area (Å²) in [7, 11) is 0. The molecule has 0 heterocycles. The first-order valence-corrected chi connectivity index (χ1v) is 7.27. The Kier molecular flexibility index (Phi) is 5.61. The molecule has 1 atom stereocenters. The van der Waals surface area contributed by atoms with Crippen LogP contribution in [-0.2, 0) is 4.79 Å². The van der Waals surface area contributed by atoms with Crippen molar-refractivity contribution >= 4 is 46.1 Å². The first-order chi connectivity index (χ1) is 8.80. The lowest BCUT2D eigenvalue weighted by atomic mass is 9.96. The van der Waals surface area contributed by atoms with Crippen LogP contribution in [0.3, 0.4) is 0 Å². The van der Waals surface area contributed by atoms with Crippen LogP contribution in [0.25, 0.3) is 0 Å². The molecular weight excluding hydrogens is 381 g/mol. The molecule has 1 rings (SSSR count). The molecule has 0 saturated carbocycles. The standard InChI is InChI=1S/C13H15ClINO3/c1-3-6-13(2,12(18)19)16-11(17)8-4-5-10(15)9(14)7-8/h4-5,7H,3,6H2,1-2H3,(H,16,17)(H,18,19). The summed E-state index contributed by atoms with van der Waals surface area (Å²) < 4.78 is 0.838. The maximum Gasteiger partial charge on any atom is 0.329 e. The van der Waals surface area contributed by atoms with Crippen LogP contribution in [0.1, 0.15) is 37.0 Å². The van der Waals surface area contributed by atoms with Crippen molar-refractivity contribution in [2.45, 2.75) is 32.2 Å². The molecule has 1 aromatic rings. The van der Waals surface area contributed by atoms with Crippen molar-refractivity contribution < 1.29 is 14.7 Å². The summed E-state index contributed by atoms with van der Waals surface area (Å²) in [6.07, 6.45) is 1.03. The van der Waals surface area contributed by atoms with Crippen LogP contribution < -0.4 is 5.32 Å². The van der Waals surface area contributed by atoms with E-state index in [4.69, 9.17) is 11.6 Å². The highest BCUT2D eigenvalue weighted by Gasteiger charge is 2.34. The number of amides is 1. The number of hydrogen-bond acceptors (Lipinski definition) is 2. The van der Waals surface area contributed by atoms with Crippen molar-refractivity contribution in [2.75, 3.05) is 0 Å². The van der Waals surface area contributed by atoms with E-state index in [0.29, 0.717) is 23.4 Å². The highest BCUT2D eigenvalue weighted by atomic mass is 127. The van der Waals surface area contributed by atoms with Gasteiger partial charge >= 0.3 is 5.97 Å². The van der Waals surface area contributed by atoms with Crippen molar-refractivity contribution in [2.24, 2.45) is 0 Å². The van der Waals surface area contributed by atoms with Gasteiger partial charge in [-0.25, -0.2) is 4.79 Å². The van der Waals surface area contributed by atoms with Gasteiger partial charge in [0.05, 0.1) is 5.02 Å². The van der Waals surface area contributed by atoms with Gasteiger partial charge in [-0.1, -0.05) is 24.9 Å². The van der Waals surface area contributed by atoms with Crippen molar-refractivity contribution in [1.29, 1.82) is 0 Å². The van der Waals surface area contributed by atoms with Crippen LogP contribution in [0.2, 0.25) is 5.02 Å². The van der Waals surface area contributed by atoms with Gasteiger partial charge in [-0.2, -0.15) is 0 Å². The first kappa shape index (κ1) is 16.2. The average molecular weight is 396 g/mol. The summed E-state index contributed by atoms with van der Waals surface area (Å²) in [4.78, 5) is 23.3. The lowest BCUT2D eigenvalue weighted by Crippen LogP contribution is -2.52. The summed E-state index contributed by atoms with van der Waals surface area (Å²) in [6, 6.07) is 4.87. The third-order valence-corrected chi connectivity index (χ3v) is 4.37. The van der Waals surface area contributed by atoms with E-state index in [1.165, 1.54) is 13.0 Å². The lowest BCUT2D eigenvalue weighted by molar-refractivity contribution is -0.144. The summed E-state index contributed by atoms with van der Waals surface area (Å²) in [5.41, 5.74) is -0.907. The lowest BCUT2D eigenvalue weighted by Gasteiger charge is -2.25. The molecule has 1 amide bonds. The van der Waals surface area contributed by atoms with E-state index in [-0.39, 0.29) is 0 Å². The fraction of sp³-hybridized carbons (Fsp3) is 0.385. The number of carbonyl (C=O) groups excluding carboxylic acids is 1. The molecule has 0 saturated heterocycles. The van der Waals surface area contributed by atoms with E-state index < -0.39 is 17.4 Å². The summed E-state index contributed by atoms with van der Waals surface area (Å²) >= 11 is 8.01. The molecule has 0 aromatic heterocycles. The molecule has 1 unspecified atom stereocenters. The molecule has 0 bridgehead atoms. The van der Waals surface area contributed by atoms with E-state index in [0.717, 1.165) is 3.57 Å². The van der Waals surface area contributed by atoms with Crippen LogP contribution >= 0.6 is 34.2 Å². The normalized spacial score (nSPS) is 13.7. The third kappa shape index (κ3) is 4.07. The highest BCUT2D eigenvalue weighted by Crippen LogP contribution is 2.20. The van der Waals surface area contributed by atoms with Crippen molar-refractivity contribution in [3.63, 3.8) is 0 Å². The predicted octanol–water partition coefficient (Wildman–Crippen LogP) is 3.32. The molecule has 6 heteroatoms. The molecule has 0 fully saturated rings. The van der Waals surface area contributed by atoms with E-state index in [2.05, 4.69) is 27.9 Å². The number of aliphatic carboxylic acids is 1. The number of carboxylic acid groups (broad SMARTS) is 1. The van der Waals surface area contributed by atoms with E-state index in [1.807, 2.05) is 6.92 Å². The zero-order chi connectivity index (χ0) is 14.6. The minimum Gasteiger partial charge on any atom is -0.480 e. The van der Waals surface area contributed by atoms with Gasteiger partial charge in [-0.15, -0.1) is 0 Å². The van der Waals surface area contributed by atoms with Gasteiger partial charge in [-0.3, -0.25) is 4.79 Å². The SMILES string of the molecule is CCCC(C)(NC(=O)c1ccc(I)c(Cl)c1)C(=O)O. The van der Waals surface area contributed by atoms with Gasteiger partial charge in [0.2, 0.25) is 0 Å². The number of carboxylic acids is 1. The fourth-order valence-electron chi connectivity index (χ4n) is 1.68.